The minimum Gasteiger partial charge on any atom is -0.489 e. The van der Waals surface area contributed by atoms with E-state index in [1.54, 1.807) is 16.9 Å². The van der Waals surface area contributed by atoms with Crippen LogP contribution in [0, 0.1) is 33.1 Å². The highest BCUT2D eigenvalue weighted by Crippen LogP contribution is 2.39. The summed E-state index contributed by atoms with van der Waals surface area (Å²) in [7, 11) is -5.16. The smallest absolute Gasteiger partial charge is 0.416 e. The van der Waals surface area contributed by atoms with E-state index in [0.717, 1.165) is 83.7 Å². The van der Waals surface area contributed by atoms with Crippen molar-refractivity contribution < 1.29 is 98.9 Å². The van der Waals surface area contributed by atoms with Gasteiger partial charge in [0.2, 0.25) is 5.91 Å². The van der Waals surface area contributed by atoms with Crippen LogP contribution < -0.4 is 25.0 Å². The Morgan fingerprint density at radius 1 is 0.914 bits per heavy atom. The van der Waals surface area contributed by atoms with Crippen LogP contribution >= 0.6 is 53.8 Å². The fourth-order valence-electron chi connectivity index (χ4n) is 8.82. The zero-order valence-electron chi connectivity index (χ0n) is 50.6. The highest BCUT2D eigenvalue weighted by molar-refractivity contribution is 7.90. The van der Waals surface area contributed by atoms with Crippen molar-refractivity contribution in [1.29, 1.82) is 0 Å². The summed E-state index contributed by atoms with van der Waals surface area (Å²) in [5, 5.41) is 38.8. The van der Waals surface area contributed by atoms with E-state index in [1.807, 2.05) is 57.2 Å². The number of ether oxygens (including phenoxy) is 3. The van der Waals surface area contributed by atoms with Gasteiger partial charge in [0.25, 0.3) is 17.3 Å². The number of carboxylic acids is 2. The normalized spacial score (nSPS) is 15.0. The number of methoxy groups -OCH3 is 1. The number of Topliss-reactive ketones (excluding diaryl/α,β-unsaturated/α-hetero) is 3. The van der Waals surface area contributed by atoms with Crippen LogP contribution in [0.3, 0.4) is 0 Å². The van der Waals surface area contributed by atoms with Crippen molar-refractivity contribution in [3.8, 4) is 17.2 Å². The molecule has 0 aromatic heterocycles. The number of nitro benzene ring substituents is 2. The minimum absolute atomic E-state index is 0.0223. The Bertz CT molecular complexity index is 3730. The first-order chi connectivity index (χ1) is 43.2. The fourth-order valence-corrected chi connectivity index (χ4v) is 10.8. The van der Waals surface area contributed by atoms with E-state index in [9.17, 15) is 79.9 Å². The third kappa shape index (κ3) is 23.4. The highest BCUT2D eigenvalue weighted by Gasteiger charge is 2.40. The van der Waals surface area contributed by atoms with Gasteiger partial charge in [-0.15, -0.1) is 11.6 Å². The number of aliphatic carboxylic acids is 1. The molecule has 1 aliphatic carbocycles. The van der Waals surface area contributed by atoms with Crippen LogP contribution in [0.1, 0.15) is 83.9 Å². The quantitative estimate of drug-likeness (QED) is 0.0149. The Hall–Kier alpha value is -7.60. The third-order valence-electron chi connectivity index (χ3n) is 13.3. The molecule has 0 bridgehead atoms. The maximum atomic E-state index is 12.6. The number of rotatable bonds is 19. The summed E-state index contributed by atoms with van der Waals surface area (Å²) in [6.45, 7) is 10.1. The van der Waals surface area contributed by atoms with E-state index in [-0.39, 0.29) is 76.6 Å². The van der Waals surface area contributed by atoms with Gasteiger partial charge in [-0.1, -0.05) is 72.1 Å². The number of halogens is 7. The van der Waals surface area contributed by atoms with E-state index >= 15 is 0 Å². The molecule has 0 spiro atoms. The number of sulfone groups is 1. The number of benzene rings is 5. The van der Waals surface area contributed by atoms with Crippen molar-refractivity contribution in [1.82, 2.24) is 0 Å². The molecule has 5 N–H and O–H groups in total. The zero-order valence-corrected chi connectivity index (χ0v) is 55.4. The number of ketones is 3. The summed E-state index contributed by atoms with van der Waals surface area (Å²) in [5.74, 6) is -6.33. The predicted octanol–water partition coefficient (Wildman–Crippen LogP) is 11.3. The molecule has 34 heteroatoms. The molecule has 0 saturated heterocycles. The van der Waals surface area contributed by atoms with E-state index in [4.69, 9.17) is 81.5 Å². The van der Waals surface area contributed by atoms with Crippen molar-refractivity contribution in [3.05, 3.63) is 150 Å². The minimum atomic E-state index is -4.58. The van der Waals surface area contributed by atoms with E-state index in [0.29, 0.717) is 31.5 Å². The summed E-state index contributed by atoms with van der Waals surface area (Å²) in [4.78, 5) is 112. The van der Waals surface area contributed by atoms with Crippen molar-refractivity contribution in [2.24, 2.45) is 11.7 Å². The Labute approximate surface area is 551 Å². The van der Waals surface area contributed by atoms with Crippen LogP contribution in [0.25, 0.3) is 0 Å². The molecule has 1 aliphatic heterocycles. The topological polar surface area (TPSA) is 378 Å². The van der Waals surface area contributed by atoms with Crippen molar-refractivity contribution in [3.63, 3.8) is 0 Å². The second kappa shape index (κ2) is 35.6. The fraction of sp³-hybridized carbons (Fsp3) is 0.373. The van der Waals surface area contributed by atoms with Gasteiger partial charge in [0.05, 0.1) is 61.0 Å². The molecule has 2 aliphatic rings. The number of amides is 2. The van der Waals surface area contributed by atoms with Gasteiger partial charge in [0.1, 0.15) is 47.3 Å². The number of para-hydroxylation sites is 3. The molecule has 1 saturated carbocycles. The van der Waals surface area contributed by atoms with E-state index < -0.39 is 107 Å². The molecule has 5 aromatic carbocycles. The second-order valence-electron chi connectivity index (χ2n) is 20.6. The molecule has 0 radical (unpaired) electrons. The van der Waals surface area contributed by atoms with Crippen molar-refractivity contribution in [2.75, 3.05) is 55.1 Å². The van der Waals surface area contributed by atoms with Gasteiger partial charge >= 0.3 is 18.1 Å². The van der Waals surface area contributed by atoms with Crippen LogP contribution in [-0.2, 0) is 55.7 Å². The molecule has 93 heavy (non-hydrogen) atoms. The Morgan fingerprint density at radius 2 is 1.53 bits per heavy atom. The average molecular weight is 1430 g/mol. The largest absolute Gasteiger partial charge is 0.489 e. The van der Waals surface area contributed by atoms with Crippen LogP contribution in [0.5, 0.6) is 17.2 Å². The van der Waals surface area contributed by atoms with E-state index in [1.165, 1.54) is 6.66 Å². The molecule has 7 rings (SSSR count). The molecule has 5 aromatic rings. The van der Waals surface area contributed by atoms with Crippen LogP contribution in [0.15, 0.2) is 102 Å². The van der Waals surface area contributed by atoms with Crippen LogP contribution in [0.2, 0.25) is 5.02 Å². The summed E-state index contributed by atoms with van der Waals surface area (Å²) in [6, 6.07) is 20.3. The maximum absolute atomic E-state index is 12.6. The zero-order chi connectivity index (χ0) is 70.6. The van der Waals surface area contributed by atoms with Gasteiger partial charge < -0.3 is 44.9 Å². The number of hydrogen-bond donors (Lipinski definition) is 4. The van der Waals surface area contributed by atoms with Gasteiger partial charge in [-0.25, -0.2) is 13.2 Å². The van der Waals surface area contributed by atoms with Gasteiger partial charge in [-0.2, -0.15) is 13.2 Å². The lowest BCUT2D eigenvalue weighted by Gasteiger charge is -2.35. The number of fused-ring (bicyclic) bond motifs is 1. The molecular formula is C59H65Cl4F3N5O20PS. The molecule has 4 atom stereocenters. The first-order valence-electron chi connectivity index (χ1n) is 27.4. The Kier molecular flexibility index (Phi) is 30.5. The standard InChI is InChI=1S/C15H22ClNO2.C14H7ClF3NO5.C14H13NO7S.C11H11Cl2NO2.C5H12NO4P/c1-5-13-8-6-7-11(2)15(13)17(14(18)9-16)12(3)10-19-4;15-10-5-7(14(16,17)18)1-4-12(10)24-8-2-3-11(19(22)23)9(6-8)13(20)21;1-23(21,22)8-5-6-9(10(7-8)15(19)20)14(18)13-11(16)3-2-4-12(13)17;1-7-6-16-9-5-3-2-4-8(9)14(7)11(15)10(12)13;1-11(9,10)3-2-4(6)5(7)8/h6-8,12H,5,9-10H2,1-4H3;1-6H,(H,20,21);5-7,13H,2-4H2,1H3;2-5,7,10H,6H2,1H3;4H,2-3,6H2,1H3,(H,7,8)(H,9,10). The highest BCUT2D eigenvalue weighted by atomic mass is 35.5. The van der Waals surface area contributed by atoms with Crippen LogP contribution in [-0.4, -0.2) is 143 Å². The van der Waals surface area contributed by atoms with Crippen molar-refractivity contribution >= 4 is 127 Å². The molecule has 506 valence electrons. The molecule has 1 fully saturated rings. The van der Waals surface area contributed by atoms with Gasteiger partial charge in [-0.3, -0.25) is 53.6 Å². The SMILES string of the molecule is CC1COc2ccccc2N1C(=O)C(Cl)Cl.CCc1cccc(C)c1N(C(=O)CCl)C(C)COC.CP(=O)(O)CCC(N)C(=O)O.CS(=O)(=O)c1ccc(C(=O)C2C(=O)CCCC2=O)c([N+](=O)[O-])c1.O=C(O)c1cc(Oc2ccc(C(F)(F)F)cc2Cl)ccc1[N+](=O)[O-]. The lowest BCUT2D eigenvalue weighted by atomic mass is 9.81. The number of carbonyl (C=O) groups is 7. The number of nitro groups is 2. The van der Waals surface area contributed by atoms with Crippen LogP contribution in [0.4, 0.5) is 35.9 Å². The molecule has 2 amide bonds. The first-order valence-corrected chi connectivity index (χ1v) is 33.4. The number of anilines is 2. The number of carboxylic acid groups (broad SMARTS) is 2. The van der Waals surface area contributed by atoms with Gasteiger partial charge in [0.15, 0.2) is 39.4 Å². The van der Waals surface area contributed by atoms with E-state index in [2.05, 4.69) is 13.0 Å². The number of carbonyl (C=O) groups excluding carboxylic acids is 5. The lowest BCUT2D eigenvalue weighted by Crippen LogP contribution is -2.47. The summed E-state index contributed by atoms with van der Waals surface area (Å²) >= 11 is 22.7. The number of aryl methyl sites for hydroxylation is 2. The third-order valence-corrected chi connectivity index (χ3v) is 16.4. The lowest BCUT2D eigenvalue weighted by molar-refractivity contribution is -0.385. The average Bonchev–Trinajstić information content (AvgIpc) is 0.818. The second-order valence-corrected chi connectivity index (χ2v) is 26.9. The Morgan fingerprint density at radius 3 is 2.03 bits per heavy atom. The molecule has 25 nitrogen and oxygen atoms in total. The number of alkyl halides is 6. The number of aromatic carboxylic acids is 1. The Balaban J connectivity index is 0.000000310. The molecule has 1 heterocycles. The summed E-state index contributed by atoms with van der Waals surface area (Å²) in [6.07, 6.45) is -2.33. The number of nitrogens with two attached hydrogens (primary N) is 1. The number of nitrogens with zero attached hydrogens (tertiary/aromatic N) is 4. The maximum Gasteiger partial charge on any atom is 0.416 e. The first kappa shape index (κ1) is 79.6. The monoisotopic (exact) mass is 1420 g/mol. The number of hydrogen-bond acceptors (Lipinski definition) is 18. The predicted molar refractivity (Wildman–Crippen MR) is 340 cm³/mol. The van der Waals surface area contributed by atoms with Gasteiger partial charge in [0, 0.05) is 57.2 Å². The summed E-state index contributed by atoms with van der Waals surface area (Å²) < 4.78 is 87.2. The van der Waals surface area contributed by atoms with Crippen molar-refractivity contribution in [2.45, 2.75) is 93.8 Å². The summed E-state index contributed by atoms with van der Waals surface area (Å²) in [5.41, 5.74) is 5.61. The van der Waals surface area contributed by atoms with Gasteiger partial charge in [-0.05, 0) is 99.7 Å². The molecule has 4 unspecified atom stereocenters. The molecular weight excluding hydrogens is 1360 g/mol.